The van der Waals surface area contributed by atoms with Crippen LogP contribution in [0.4, 0.5) is 0 Å². The van der Waals surface area contributed by atoms with Crippen molar-refractivity contribution in [2.45, 2.75) is 17.9 Å². The van der Waals surface area contributed by atoms with Gasteiger partial charge in [0.1, 0.15) is 11.5 Å². The minimum Gasteiger partial charge on any atom is -0.457 e. The van der Waals surface area contributed by atoms with Crippen LogP contribution in [0, 0.1) is 0 Å². The number of benzene rings is 3. The Labute approximate surface area is 164 Å². The third-order valence-electron chi connectivity index (χ3n) is 4.00. The molecule has 134 valence electrons. The maximum atomic E-state index is 6.02. The molecular formula is C22H22ClNOS. The summed E-state index contributed by atoms with van der Waals surface area (Å²) in [7, 11) is 0. The SMILES string of the molecule is CSc1ccc(Oc2cccc(CNCCc3cccc(Cl)c3)c2)cc1. The highest BCUT2D eigenvalue weighted by atomic mass is 35.5. The number of halogens is 1. The molecule has 0 saturated carbocycles. The van der Waals surface area contributed by atoms with Crippen molar-refractivity contribution in [3.05, 3.63) is 88.9 Å². The first kappa shape index (κ1) is 18.8. The topological polar surface area (TPSA) is 21.3 Å². The van der Waals surface area contributed by atoms with Crippen LogP contribution >= 0.6 is 23.4 Å². The van der Waals surface area contributed by atoms with Crippen LogP contribution in [-0.2, 0) is 13.0 Å². The molecule has 0 bridgehead atoms. The van der Waals surface area contributed by atoms with Crippen molar-refractivity contribution in [2.75, 3.05) is 12.8 Å². The summed E-state index contributed by atoms with van der Waals surface area (Å²) in [6.07, 6.45) is 3.03. The molecule has 3 aromatic rings. The molecule has 4 heteroatoms. The third kappa shape index (κ3) is 5.80. The number of rotatable bonds is 8. The second-order valence-electron chi connectivity index (χ2n) is 5.98. The van der Waals surface area contributed by atoms with Gasteiger partial charge in [-0.1, -0.05) is 35.9 Å². The van der Waals surface area contributed by atoms with Gasteiger partial charge in [0.2, 0.25) is 0 Å². The van der Waals surface area contributed by atoms with Crippen molar-refractivity contribution >= 4 is 23.4 Å². The lowest BCUT2D eigenvalue weighted by atomic mass is 10.1. The lowest BCUT2D eigenvalue weighted by Gasteiger charge is -2.09. The molecule has 0 aliphatic rings. The van der Waals surface area contributed by atoms with E-state index in [1.807, 2.05) is 42.5 Å². The van der Waals surface area contributed by atoms with Crippen LogP contribution < -0.4 is 10.1 Å². The predicted molar refractivity (Wildman–Crippen MR) is 112 cm³/mol. The number of nitrogens with one attached hydrogen (secondary N) is 1. The Bertz CT molecular complexity index is 836. The molecule has 3 rings (SSSR count). The Morgan fingerprint density at radius 2 is 1.65 bits per heavy atom. The van der Waals surface area contributed by atoms with Crippen LogP contribution in [0.1, 0.15) is 11.1 Å². The molecule has 1 N–H and O–H groups in total. The van der Waals surface area contributed by atoms with Gasteiger partial charge in [0.25, 0.3) is 0 Å². The molecule has 3 aromatic carbocycles. The molecule has 0 spiro atoms. The summed E-state index contributed by atoms with van der Waals surface area (Å²) in [5.41, 5.74) is 2.45. The molecule has 0 radical (unpaired) electrons. The van der Waals surface area contributed by atoms with Crippen LogP contribution in [-0.4, -0.2) is 12.8 Å². The minimum absolute atomic E-state index is 0.790. The molecular weight excluding hydrogens is 362 g/mol. The minimum atomic E-state index is 0.790. The smallest absolute Gasteiger partial charge is 0.127 e. The van der Waals surface area contributed by atoms with Crippen LogP contribution in [0.3, 0.4) is 0 Å². The Morgan fingerprint density at radius 3 is 2.42 bits per heavy atom. The van der Waals surface area contributed by atoms with Crippen LogP contribution in [0.2, 0.25) is 5.02 Å². The molecule has 2 nitrogen and oxygen atoms in total. The maximum absolute atomic E-state index is 6.02. The van der Waals surface area contributed by atoms with E-state index >= 15 is 0 Å². The quantitative estimate of drug-likeness (QED) is 0.370. The zero-order valence-corrected chi connectivity index (χ0v) is 16.3. The van der Waals surface area contributed by atoms with Gasteiger partial charge in [0, 0.05) is 16.5 Å². The lowest BCUT2D eigenvalue weighted by molar-refractivity contribution is 0.481. The second-order valence-corrected chi connectivity index (χ2v) is 7.30. The Hall–Kier alpha value is -1.94. The van der Waals surface area contributed by atoms with E-state index in [0.29, 0.717) is 0 Å². The standard InChI is InChI=1S/C22H22ClNOS/c1-26-22-10-8-20(9-11-22)25-21-7-3-5-18(15-21)16-24-13-12-17-4-2-6-19(23)14-17/h2-11,14-15,24H,12-13,16H2,1H3. The summed E-state index contributed by atoms with van der Waals surface area (Å²) in [5.74, 6) is 1.71. The van der Waals surface area contributed by atoms with Crippen molar-refractivity contribution < 1.29 is 4.74 Å². The van der Waals surface area contributed by atoms with Gasteiger partial charge < -0.3 is 10.1 Å². The predicted octanol–water partition coefficient (Wildman–Crippen LogP) is 6.19. The van der Waals surface area contributed by atoms with E-state index in [1.54, 1.807) is 11.8 Å². The van der Waals surface area contributed by atoms with Crippen molar-refractivity contribution in [1.29, 1.82) is 0 Å². The van der Waals surface area contributed by atoms with E-state index < -0.39 is 0 Å². The largest absolute Gasteiger partial charge is 0.457 e. The first-order chi connectivity index (χ1) is 12.7. The number of thioether (sulfide) groups is 1. The van der Waals surface area contributed by atoms with Crippen molar-refractivity contribution in [3.8, 4) is 11.5 Å². The summed E-state index contributed by atoms with van der Waals surface area (Å²) in [6, 6.07) is 24.3. The number of hydrogen-bond acceptors (Lipinski definition) is 3. The molecule has 0 aliphatic carbocycles. The normalized spacial score (nSPS) is 10.7. The highest BCUT2D eigenvalue weighted by molar-refractivity contribution is 7.98. The molecule has 26 heavy (non-hydrogen) atoms. The summed E-state index contributed by atoms with van der Waals surface area (Å²) >= 11 is 7.74. The molecule has 0 atom stereocenters. The Kier molecular flexibility index (Phi) is 7.01. The van der Waals surface area contributed by atoms with E-state index in [2.05, 4.69) is 41.9 Å². The lowest BCUT2D eigenvalue weighted by Crippen LogP contribution is -2.16. The molecule has 0 fully saturated rings. The Balaban J connectivity index is 1.50. The van der Waals surface area contributed by atoms with Gasteiger partial charge in [-0.3, -0.25) is 0 Å². The van der Waals surface area contributed by atoms with E-state index in [-0.39, 0.29) is 0 Å². The van der Waals surface area contributed by atoms with Crippen molar-refractivity contribution in [3.63, 3.8) is 0 Å². The van der Waals surface area contributed by atoms with Gasteiger partial charge in [-0.15, -0.1) is 11.8 Å². The van der Waals surface area contributed by atoms with Crippen LogP contribution in [0.15, 0.2) is 77.7 Å². The third-order valence-corrected chi connectivity index (χ3v) is 4.98. The van der Waals surface area contributed by atoms with Gasteiger partial charge in [-0.05, 0) is 78.9 Å². The van der Waals surface area contributed by atoms with Gasteiger partial charge in [0.15, 0.2) is 0 Å². The fourth-order valence-electron chi connectivity index (χ4n) is 2.66. The highest BCUT2D eigenvalue weighted by Crippen LogP contribution is 2.25. The number of ether oxygens (including phenoxy) is 1. The molecule has 0 amide bonds. The van der Waals surface area contributed by atoms with Crippen LogP contribution in [0.5, 0.6) is 11.5 Å². The number of hydrogen-bond donors (Lipinski definition) is 1. The fraction of sp³-hybridized carbons (Fsp3) is 0.182. The summed E-state index contributed by atoms with van der Waals surface area (Å²) < 4.78 is 5.96. The van der Waals surface area contributed by atoms with Gasteiger partial charge in [0.05, 0.1) is 0 Å². The van der Waals surface area contributed by atoms with Gasteiger partial charge in [-0.25, -0.2) is 0 Å². The average molecular weight is 384 g/mol. The zero-order chi connectivity index (χ0) is 18.2. The van der Waals surface area contributed by atoms with E-state index in [0.717, 1.165) is 36.0 Å². The monoisotopic (exact) mass is 383 g/mol. The van der Waals surface area contributed by atoms with E-state index in [4.69, 9.17) is 16.3 Å². The van der Waals surface area contributed by atoms with Gasteiger partial charge in [-0.2, -0.15) is 0 Å². The van der Waals surface area contributed by atoms with E-state index in [9.17, 15) is 0 Å². The highest BCUT2D eigenvalue weighted by Gasteiger charge is 2.01. The average Bonchev–Trinajstić information content (AvgIpc) is 2.66. The maximum Gasteiger partial charge on any atom is 0.127 e. The second kappa shape index (κ2) is 9.67. The first-order valence-corrected chi connectivity index (χ1v) is 10.2. The summed E-state index contributed by atoms with van der Waals surface area (Å²) in [4.78, 5) is 1.23. The molecule has 0 aromatic heterocycles. The molecule has 0 aliphatic heterocycles. The van der Waals surface area contributed by atoms with E-state index in [1.165, 1.54) is 16.0 Å². The van der Waals surface area contributed by atoms with Crippen LogP contribution in [0.25, 0.3) is 0 Å². The molecule has 0 heterocycles. The molecule has 0 unspecified atom stereocenters. The summed E-state index contributed by atoms with van der Waals surface area (Å²) in [5, 5.41) is 4.26. The first-order valence-electron chi connectivity index (χ1n) is 8.59. The van der Waals surface area contributed by atoms with Crippen molar-refractivity contribution in [1.82, 2.24) is 5.32 Å². The molecule has 0 saturated heterocycles. The fourth-order valence-corrected chi connectivity index (χ4v) is 3.28. The van der Waals surface area contributed by atoms with Gasteiger partial charge >= 0.3 is 0 Å². The Morgan fingerprint density at radius 1 is 0.885 bits per heavy atom. The summed E-state index contributed by atoms with van der Waals surface area (Å²) in [6.45, 7) is 1.71. The zero-order valence-electron chi connectivity index (χ0n) is 14.7. The van der Waals surface area contributed by atoms with Crippen molar-refractivity contribution in [2.24, 2.45) is 0 Å².